The lowest BCUT2D eigenvalue weighted by Gasteiger charge is -2.36. The van der Waals surface area contributed by atoms with E-state index >= 15 is 0 Å². The maximum absolute atomic E-state index is 12.8. The second-order valence-electron chi connectivity index (χ2n) is 7.16. The summed E-state index contributed by atoms with van der Waals surface area (Å²) in [6, 6.07) is 26.0. The first-order valence-electron chi connectivity index (χ1n) is 9.44. The third kappa shape index (κ3) is 4.32. The zero-order valence-electron chi connectivity index (χ0n) is 15.8. The van der Waals surface area contributed by atoms with Crippen LogP contribution in [0.25, 0.3) is 0 Å². The predicted molar refractivity (Wildman–Crippen MR) is 113 cm³/mol. The van der Waals surface area contributed by atoms with Crippen molar-refractivity contribution in [3.63, 3.8) is 0 Å². The quantitative estimate of drug-likeness (QED) is 0.708. The van der Waals surface area contributed by atoms with E-state index in [1.165, 1.54) is 0 Å². The minimum Gasteiger partial charge on any atom is -0.365 e. The molecular weight excluding hydrogens is 382 g/mol. The number of hydrogen-bond acceptors (Lipinski definition) is 4. The Hall–Kier alpha value is -3.14. The van der Waals surface area contributed by atoms with E-state index in [1.54, 1.807) is 30.3 Å². The zero-order chi connectivity index (χ0) is 20.3. The molecule has 0 saturated carbocycles. The van der Waals surface area contributed by atoms with E-state index in [0.717, 1.165) is 16.8 Å². The van der Waals surface area contributed by atoms with Crippen LogP contribution in [0.2, 0.25) is 0 Å². The van der Waals surface area contributed by atoms with E-state index in [-0.39, 0.29) is 10.9 Å². The molecule has 6 heteroatoms. The third-order valence-electron chi connectivity index (χ3n) is 5.05. The molecule has 29 heavy (non-hydrogen) atoms. The van der Waals surface area contributed by atoms with Crippen molar-refractivity contribution in [1.29, 1.82) is 5.26 Å². The maximum Gasteiger partial charge on any atom is 0.240 e. The summed E-state index contributed by atoms with van der Waals surface area (Å²) in [6.07, 6.45) is 0.544. The van der Waals surface area contributed by atoms with Crippen molar-refractivity contribution in [2.45, 2.75) is 23.9 Å². The van der Waals surface area contributed by atoms with Crippen LogP contribution in [-0.4, -0.2) is 21.0 Å². The number of benzene rings is 3. The molecule has 0 fully saturated rings. The highest BCUT2D eigenvalue weighted by molar-refractivity contribution is 7.89. The summed E-state index contributed by atoms with van der Waals surface area (Å²) in [5.74, 6) is 0. The minimum atomic E-state index is -3.62. The van der Waals surface area contributed by atoms with E-state index in [0.29, 0.717) is 25.1 Å². The summed E-state index contributed by atoms with van der Waals surface area (Å²) in [5, 5.41) is 9.27. The van der Waals surface area contributed by atoms with E-state index in [2.05, 4.69) is 27.8 Å². The molecular formula is C23H21N3O2S. The van der Waals surface area contributed by atoms with Gasteiger partial charge in [-0.15, -0.1) is 0 Å². The fraction of sp³-hybridized carbons (Fsp3) is 0.174. The summed E-state index contributed by atoms with van der Waals surface area (Å²) in [4.78, 5) is 2.43. The van der Waals surface area contributed by atoms with Crippen molar-refractivity contribution < 1.29 is 8.42 Å². The number of nitrogens with zero attached hydrogens (tertiary/aromatic N) is 2. The van der Waals surface area contributed by atoms with Gasteiger partial charge in [-0.25, -0.2) is 13.1 Å². The van der Waals surface area contributed by atoms with Gasteiger partial charge in [0.05, 0.1) is 16.5 Å². The summed E-state index contributed by atoms with van der Waals surface area (Å²) >= 11 is 0. The first-order chi connectivity index (χ1) is 14.0. The average molecular weight is 404 g/mol. The summed E-state index contributed by atoms with van der Waals surface area (Å²) in [7, 11) is -3.62. The average Bonchev–Trinajstić information content (AvgIpc) is 2.74. The second kappa shape index (κ2) is 8.08. The van der Waals surface area contributed by atoms with Crippen LogP contribution in [0, 0.1) is 11.3 Å². The predicted octanol–water partition coefficient (Wildman–Crippen LogP) is 3.47. The molecule has 1 N–H and O–H groups in total. The van der Waals surface area contributed by atoms with Gasteiger partial charge >= 0.3 is 0 Å². The van der Waals surface area contributed by atoms with Gasteiger partial charge in [0.15, 0.2) is 0 Å². The van der Waals surface area contributed by atoms with Crippen LogP contribution in [-0.2, 0) is 23.0 Å². The van der Waals surface area contributed by atoms with Gasteiger partial charge < -0.3 is 4.90 Å². The largest absolute Gasteiger partial charge is 0.365 e. The van der Waals surface area contributed by atoms with E-state index in [9.17, 15) is 13.7 Å². The standard InChI is InChI=1S/C23H21N3O2S/c24-15-19-11-12-23-20(13-19)14-21(17-26(23)16-18-7-3-1-4-8-18)25-29(27,28)22-9-5-2-6-10-22/h1-13,21,25H,14,16-17H2/t21-/m0/s1. The van der Waals surface area contributed by atoms with Gasteiger partial charge in [0.1, 0.15) is 0 Å². The summed E-state index contributed by atoms with van der Waals surface area (Å²) in [5.41, 5.74) is 3.75. The lowest BCUT2D eigenvalue weighted by Crippen LogP contribution is -2.48. The van der Waals surface area contributed by atoms with Crippen LogP contribution in [0.4, 0.5) is 5.69 Å². The Morgan fingerprint density at radius 3 is 2.38 bits per heavy atom. The molecule has 1 heterocycles. The molecule has 146 valence electrons. The highest BCUT2D eigenvalue weighted by atomic mass is 32.2. The minimum absolute atomic E-state index is 0.256. The Bertz CT molecular complexity index is 1140. The van der Waals surface area contributed by atoms with Crippen LogP contribution in [0.3, 0.4) is 0 Å². The van der Waals surface area contributed by atoms with Crippen molar-refractivity contribution in [2.24, 2.45) is 0 Å². The molecule has 0 aromatic heterocycles. The molecule has 0 unspecified atom stereocenters. The maximum atomic E-state index is 12.8. The molecule has 3 aromatic carbocycles. The topological polar surface area (TPSA) is 73.2 Å². The van der Waals surface area contributed by atoms with Gasteiger partial charge in [0, 0.05) is 24.8 Å². The Kier molecular flexibility index (Phi) is 5.34. The van der Waals surface area contributed by atoms with Crippen molar-refractivity contribution in [3.8, 4) is 6.07 Å². The number of anilines is 1. The molecule has 1 atom stereocenters. The van der Waals surface area contributed by atoms with Gasteiger partial charge in [0.2, 0.25) is 10.0 Å². The smallest absolute Gasteiger partial charge is 0.240 e. The van der Waals surface area contributed by atoms with E-state index in [1.807, 2.05) is 36.4 Å². The number of rotatable bonds is 5. The molecule has 0 aliphatic carbocycles. The van der Waals surface area contributed by atoms with Crippen LogP contribution < -0.4 is 9.62 Å². The van der Waals surface area contributed by atoms with E-state index in [4.69, 9.17) is 0 Å². The fourth-order valence-corrected chi connectivity index (χ4v) is 4.99. The van der Waals surface area contributed by atoms with Crippen LogP contribution >= 0.6 is 0 Å². The fourth-order valence-electron chi connectivity index (χ4n) is 3.74. The van der Waals surface area contributed by atoms with Crippen molar-refractivity contribution in [2.75, 3.05) is 11.4 Å². The number of nitrogens with one attached hydrogen (secondary N) is 1. The molecule has 5 nitrogen and oxygen atoms in total. The van der Waals surface area contributed by atoms with Crippen molar-refractivity contribution in [3.05, 3.63) is 95.6 Å². The lowest BCUT2D eigenvalue weighted by atomic mass is 9.96. The number of fused-ring (bicyclic) bond motifs is 1. The first-order valence-corrected chi connectivity index (χ1v) is 10.9. The first kappa shape index (κ1) is 19.2. The molecule has 0 bridgehead atoms. The Morgan fingerprint density at radius 2 is 1.69 bits per heavy atom. The normalized spacial score (nSPS) is 16.1. The Morgan fingerprint density at radius 1 is 1.00 bits per heavy atom. The van der Waals surface area contributed by atoms with Crippen molar-refractivity contribution >= 4 is 15.7 Å². The SMILES string of the molecule is N#Cc1ccc2c(c1)C[C@H](NS(=O)(=O)c1ccccc1)CN2Cc1ccccc1. The Labute approximate surface area is 171 Å². The van der Waals surface area contributed by atoms with Gasteiger partial charge in [-0.05, 0) is 47.9 Å². The van der Waals surface area contributed by atoms with Crippen LogP contribution in [0.5, 0.6) is 0 Å². The third-order valence-corrected chi connectivity index (χ3v) is 6.58. The van der Waals surface area contributed by atoms with E-state index < -0.39 is 10.0 Å². The summed E-state index contributed by atoms with van der Waals surface area (Å²) in [6.45, 7) is 1.23. The molecule has 1 aliphatic rings. The van der Waals surface area contributed by atoms with Crippen LogP contribution in [0.1, 0.15) is 16.7 Å². The molecule has 4 rings (SSSR count). The molecule has 0 amide bonds. The molecule has 0 saturated heterocycles. The highest BCUT2D eigenvalue weighted by Gasteiger charge is 2.28. The van der Waals surface area contributed by atoms with Gasteiger partial charge in [0.25, 0.3) is 0 Å². The number of hydrogen-bond donors (Lipinski definition) is 1. The Balaban J connectivity index is 1.64. The molecule has 1 aliphatic heterocycles. The zero-order valence-corrected chi connectivity index (χ0v) is 16.6. The summed E-state index contributed by atoms with van der Waals surface area (Å²) < 4.78 is 28.5. The van der Waals surface area contributed by atoms with Crippen LogP contribution in [0.15, 0.2) is 83.8 Å². The van der Waals surface area contributed by atoms with Gasteiger partial charge in [-0.3, -0.25) is 0 Å². The molecule has 0 radical (unpaired) electrons. The molecule has 0 spiro atoms. The molecule has 3 aromatic rings. The monoisotopic (exact) mass is 403 g/mol. The number of sulfonamides is 1. The van der Waals surface area contributed by atoms with Crippen molar-refractivity contribution in [1.82, 2.24) is 4.72 Å². The lowest BCUT2D eigenvalue weighted by molar-refractivity contribution is 0.524. The number of nitriles is 1. The highest BCUT2D eigenvalue weighted by Crippen LogP contribution is 2.30. The van der Waals surface area contributed by atoms with Gasteiger partial charge in [-0.1, -0.05) is 48.5 Å². The van der Waals surface area contributed by atoms with Gasteiger partial charge in [-0.2, -0.15) is 5.26 Å². The second-order valence-corrected chi connectivity index (χ2v) is 8.87.